The zero-order valence-electron chi connectivity index (χ0n) is 11.5. The predicted molar refractivity (Wildman–Crippen MR) is 83.3 cm³/mol. The van der Waals surface area contributed by atoms with E-state index in [1.807, 2.05) is 13.8 Å². The van der Waals surface area contributed by atoms with Crippen LogP contribution >= 0.6 is 23.4 Å². The Morgan fingerprint density at radius 1 is 1.58 bits per heavy atom. The minimum Gasteiger partial charge on any atom is -0.369 e. The van der Waals surface area contributed by atoms with Crippen LogP contribution in [0.5, 0.6) is 0 Å². The van der Waals surface area contributed by atoms with Gasteiger partial charge >= 0.3 is 0 Å². The summed E-state index contributed by atoms with van der Waals surface area (Å²) >= 11 is 7.83. The summed E-state index contributed by atoms with van der Waals surface area (Å²) in [6.45, 7) is 4.70. The minimum atomic E-state index is -0.133. The quantitative estimate of drug-likeness (QED) is 0.813. The van der Waals surface area contributed by atoms with Crippen LogP contribution in [0.25, 0.3) is 0 Å². The highest BCUT2D eigenvalue weighted by molar-refractivity contribution is 7.98. The van der Waals surface area contributed by atoms with Crippen molar-refractivity contribution in [1.29, 1.82) is 0 Å². The van der Waals surface area contributed by atoms with Gasteiger partial charge in [-0.1, -0.05) is 11.6 Å². The molecule has 1 atom stereocenters. The molecule has 6 heteroatoms. The maximum absolute atomic E-state index is 12.0. The fraction of sp³-hybridized carbons (Fsp3) is 0.538. The fourth-order valence-corrected chi connectivity index (χ4v) is 2.36. The van der Waals surface area contributed by atoms with Gasteiger partial charge in [-0.3, -0.25) is 4.79 Å². The molecular formula is C13H20ClN3OS. The average molecular weight is 302 g/mol. The summed E-state index contributed by atoms with van der Waals surface area (Å²) < 4.78 is 0. The van der Waals surface area contributed by atoms with Crippen molar-refractivity contribution in [2.75, 3.05) is 23.9 Å². The summed E-state index contributed by atoms with van der Waals surface area (Å²) in [5.74, 6) is 1.50. The number of anilines is 1. The summed E-state index contributed by atoms with van der Waals surface area (Å²) in [4.78, 5) is 16.2. The third-order valence-electron chi connectivity index (χ3n) is 2.58. The number of thioether (sulfide) groups is 1. The molecule has 0 fully saturated rings. The first-order chi connectivity index (χ1) is 9.08. The van der Waals surface area contributed by atoms with E-state index in [0.29, 0.717) is 16.4 Å². The highest BCUT2D eigenvalue weighted by Crippen LogP contribution is 2.19. The molecule has 1 aromatic heterocycles. The van der Waals surface area contributed by atoms with Crippen LogP contribution in [0.3, 0.4) is 0 Å². The maximum Gasteiger partial charge on any atom is 0.253 e. The molecule has 0 aromatic carbocycles. The highest BCUT2D eigenvalue weighted by atomic mass is 35.5. The number of pyridine rings is 1. The molecule has 19 heavy (non-hydrogen) atoms. The van der Waals surface area contributed by atoms with Crippen LogP contribution in [0.15, 0.2) is 12.3 Å². The van der Waals surface area contributed by atoms with Crippen molar-refractivity contribution < 1.29 is 4.79 Å². The number of hydrogen-bond donors (Lipinski definition) is 2. The summed E-state index contributed by atoms with van der Waals surface area (Å²) in [6, 6.07) is 1.79. The molecule has 1 unspecified atom stereocenters. The Kier molecular flexibility index (Phi) is 7.02. The summed E-state index contributed by atoms with van der Waals surface area (Å²) in [5, 5.41) is 6.44. The van der Waals surface area contributed by atoms with Crippen LogP contribution < -0.4 is 10.6 Å². The first-order valence-electron chi connectivity index (χ1n) is 6.27. The Balaban J connectivity index is 2.64. The van der Waals surface area contributed by atoms with Crippen molar-refractivity contribution in [2.45, 2.75) is 26.3 Å². The molecule has 0 saturated heterocycles. The van der Waals surface area contributed by atoms with E-state index in [1.54, 1.807) is 24.0 Å². The Bertz CT molecular complexity index is 428. The summed E-state index contributed by atoms with van der Waals surface area (Å²) in [5.41, 5.74) is 0.489. The van der Waals surface area contributed by atoms with Crippen LogP contribution in [-0.2, 0) is 0 Å². The molecule has 0 aliphatic heterocycles. The van der Waals surface area contributed by atoms with Gasteiger partial charge in [0.25, 0.3) is 5.91 Å². The minimum absolute atomic E-state index is 0.133. The van der Waals surface area contributed by atoms with Crippen molar-refractivity contribution >= 4 is 35.1 Å². The lowest BCUT2D eigenvalue weighted by Crippen LogP contribution is -2.33. The van der Waals surface area contributed by atoms with E-state index in [4.69, 9.17) is 11.6 Å². The molecule has 106 valence electrons. The van der Waals surface area contributed by atoms with Crippen LogP contribution in [0.2, 0.25) is 5.02 Å². The van der Waals surface area contributed by atoms with Gasteiger partial charge in [-0.25, -0.2) is 4.98 Å². The average Bonchev–Trinajstić information content (AvgIpc) is 2.38. The number of halogens is 1. The van der Waals surface area contributed by atoms with Gasteiger partial charge in [-0.15, -0.1) is 0 Å². The van der Waals surface area contributed by atoms with Crippen molar-refractivity contribution in [3.05, 3.63) is 22.8 Å². The molecule has 1 aromatic rings. The number of amides is 1. The van der Waals surface area contributed by atoms with Crippen molar-refractivity contribution in [3.8, 4) is 0 Å². The molecule has 0 spiro atoms. The van der Waals surface area contributed by atoms with E-state index in [2.05, 4.69) is 21.9 Å². The monoisotopic (exact) mass is 301 g/mol. The highest BCUT2D eigenvalue weighted by Gasteiger charge is 2.12. The van der Waals surface area contributed by atoms with E-state index in [-0.39, 0.29) is 11.9 Å². The van der Waals surface area contributed by atoms with Crippen LogP contribution in [0, 0.1) is 0 Å². The maximum atomic E-state index is 12.0. The van der Waals surface area contributed by atoms with E-state index >= 15 is 0 Å². The molecule has 0 aliphatic rings. The van der Waals surface area contributed by atoms with Gasteiger partial charge in [-0.2, -0.15) is 11.8 Å². The largest absolute Gasteiger partial charge is 0.369 e. The zero-order valence-corrected chi connectivity index (χ0v) is 13.1. The lowest BCUT2D eigenvalue weighted by Gasteiger charge is -2.13. The zero-order chi connectivity index (χ0) is 14.3. The lowest BCUT2D eigenvalue weighted by molar-refractivity contribution is 0.0939. The van der Waals surface area contributed by atoms with Crippen LogP contribution in [0.4, 0.5) is 5.82 Å². The van der Waals surface area contributed by atoms with Gasteiger partial charge in [-0.05, 0) is 38.3 Å². The van der Waals surface area contributed by atoms with Gasteiger partial charge in [0.2, 0.25) is 0 Å². The van der Waals surface area contributed by atoms with E-state index in [9.17, 15) is 4.79 Å². The van der Waals surface area contributed by atoms with Crippen LogP contribution in [0.1, 0.15) is 30.6 Å². The number of aromatic nitrogens is 1. The van der Waals surface area contributed by atoms with E-state index in [1.165, 1.54) is 0 Å². The second-order valence-electron chi connectivity index (χ2n) is 4.24. The number of nitrogens with one attached hydrogen (secondary N) is 2. The lowest BCUT2D eigenvalue weighted by atomic mass is 10.2. The molecule has 1 heterocycles. The molecule has 1 amide bonds. The molecule has 0 saturated carbocycles. The molecule has 0 bridgehead atoms. The summed E-state index contributed by atoms with van der Waals surface area (Å²) in [7, 11) is 0. The van der Waals surface area contributed by atoms with Crippen molar-refractivity contribution in [1.82, 2.24) is 10.3 Å². The van der Waals surface area contributed by atoms with E-state index in [0.717, 1.165) is 18.7 Å². The van der Waals surface area contributed by atoms with Gasteiger partial charge in [0.05, 0.1) is 10.6 Å². The Labute approximate surface area is 123 Å². The Morgan fingerprint density at radius 3 is 2.89 bits per heavy atom. The SMILES string of the molecule is CCNc1ncc(C(=O)NC(C)CCSC)cc1Cl. The fourth-order valence-electron chi connectivity index (χ4n) is 1.53. The Hall–Kier alpha value is -0.940. The molecule has 0 radical (unpaired) electrons. The second-order valence-corrected chi connectivity index (χ2v) is 5.63. The van der Waals surface area contributed by atoms with Gasteiger partial charge < -0.3 is 10.6 Å². The molecule has 1 rings (SSSR count). The standard InChI is InChI=1S/C13H20ClN3OS/c1-4-15-12-11(14)7-10(8-16-12)13(18)17-9(2)5-6-19-3/h7-9H,4-6H2,1-3H3,(H,15,16)(H,17,18). The first kappa shape index (κ1) is 16.1. The number of rotatable bonds is 7. The number of hydrogen-bond acceptors (Lipinski definition) is 4. The van der Waals surface area contributed by atoms with Crippen molar-refractivity contribution in [3.63, 3.8) is 0 Å². The predicted octanol–water partition coefficient (Wildman–Crippen LogP) is 3.04. The topological polar surface area (TPSA) is 54.0 Å². The van der Waals surface area contributed by atoms with Gasteiger partial charge in [0, 0.05) is 18.8 Å². The second kappa shape index (κ2) is 8.27. The van der Waals surface area contributed by atoms with Gasteiger partial charge in [0.15, 0.2) is 0 Å². The number of carbonyl (C=O) groups excluding carboxylic acids is 1. The molecule has 0 aliphatic carbocycles. The third-order valence-corrected chi connectivity index (χ3v) is 3.51. The first-order valence-corrected chi connectivity index (χ1v) is 8.04. The third kappa shape index (κ3) is 5.28. The normalized spacial score (nSPS) is 12.0. The summed E-state index contributed by atoms with van der Waals surface area (Å²) in [6.07, 6.45) is 4.54. The van der Waals surface area contributed by atoms with Crippen molar-refractivity contribution in [2.24, 2.45) is 0 Å². The molecule has 4 nitrogen and oxygen atoms in total. The van der Waals surface area contributed by atoms with Crippen LogP contribution in [-0.4, -0.2) is 35.5 Å². The molecular weight excluding hydrogens is 282 g/mol. The molecule has 2 N–H and O–H groups in total. The smallest absolute Gasteiger partial charge is 0.253 e. The number of carbonyl (C=O) groups is 1. The Morgan fingerprint density at radius 2 is 2.32 bits per heavy atom. The number of nitrogens with zero attached hydrogens (tertiary/aromatic N) is 1. The van der Waals surface area contributed by atoms with E-state index < -0.39 is 0 Å². The van der Waals surface area contributed by atoms with Gasteiger partial charge in [0.1, 0.15) is 5.82 Å².